The van der Waals surface area contributed by atoms with Crippen molar-refractivity contribution in [3.05, 3.63) is 40.6 Å². The monoisotopic (exact) mass is 247 g/mol. The average molecular weight is 247 g/mol. The van der Waals surface area contributed by atoms with Crippen LogP contribution in [-0.2, 0) is 6.42 Å². The van der Waals surface area contributed by atoms with E-state index in [1.54, 1.807) is 11.3 Å². The van der Waals surface area contributed by atoms with E-state index in [0.29, 0.717) is 11.4 Å². The van der Waals surface area contributed by atoms with E-state index in [4.69, 9.17) is 11.5 Å². The van der Waals surface area contributed by atoms with Crippen LogP contribution < -0.4 is 16.4 Å². The Morgan fingerprint density at radius 2 is 2.00 bits per heavy atom. The number of thiophene rings is 1. The van der Waals surface area contributed by atoms with Crippen molar-refractivity contribution in [3.8, 4) is 0 Å². The molecule has 1 heterocycles. The molecule has 0 saturated carbocycles. The molecule has 90 valence electrons. The number of hydrogen-bond donors (Lipinski definition) is 2. The number of nitrogens with two attached hydrogens (primary N) is 2. The second-order valence-corrected chi connectivity index (χ2v) is 5.10. The van der Waals surface area contributed by atoms with Gasteiger partial charge >= 0.3 is 0 Å². The summed E-state index contributed by atoms with van der Waals surface area (Å²) in [7, 11) is 2.07. The Hall–Kier alpha value is -1.68. The van der Waals surface area contributed by atoms with Gasteiger partial charge in [-0.3, -0.25) is 0 Å². The molecule has 0 bridgehead atoms. The molecule has 1 aromatic heterocycles. The summed E-state index contributed by atoms with van der Waals surface area (Å²) in [6.07, 6.45) is 1.05. The highest BCUT2D eigenvalue weighted by Gasteiger charge is 2.03. The average Bonchev–Trinajstić information content (AvgIpc) is 2.82. The molecule has 2 aromatic rings. The van der Waals surface area contributed by atoms with Gasteiger partial charge < -0.3 is 16.4 Å². The van der Waals surface area contributed by atoms with Crippen molar-refractivity contribution in [1.29, 1.82) is 0 Å². The third kappa shape index (κ3) is 2.91. The van der Waals surface area contributed by atoms with Crippen molar-refractivity contribution in [2.45, 2.75) is 6.42 Å². The first-order valence-electron chi connectivity index (χ1n) is 5.55. The molecule has 3 nitrogen and oxygen atoms in total. The van der Waals surface area contributed by atoms with Crippen LogP contribution in [0.2, 0.25) is 0 Å². The van der Waals surface area contributed by atoms with Crippen LogP contribution in [0.1, 0.15) is 4.88 Å². The maximum Gasteiger partial charge on any atom is 0.0568 e. The quantitative estimate of drug-likeness (QED) is 0.816. The van der Waals surface area contributed by atoms with E-state index in [1.807, 2.05) is 18.2 Å². The van der Waals surface area contributed by atoms with Gasteiger partial charge in [-0.05, 0) is 36.1 Å². The van der Waals surface area contributed by atoms with Gasteiger partial charge in [0.15, 0.2) is 0 Å². The Morgan fingerprint density at radius 3 is 2.65 bits per heavy atom. The molecule has 0 aliphatic heterocycles. The van der Waals surface area contributed by atoms with Gasteiger partial charge in [-0.15, -0.1) is 11.3 Å². The van der Waals surface area contributed by atoms with E-state index in [2.05, 4.69) is 29.5 Å². The smallest absolute Gasteiger partial charge is 0.0568 e. The molecule has 0 saturated heterocycles. The van der Waals surface area contributed by atoms with Crippen LogP contribution in [0, 0.1) is 0 Å². The van der Waals surface area contributed by atoms with Gasteiger partial charge in [0.1, 0.15) is 0 Å². The van der Waals surface area contributed by atoms with E-state index < -0.39 is 0 Å². The predicted molar refractivity (Wildman–Crippen MR) is 76.6 cm³/mol. The molecule has 0 spiro atoms. The molecule has 1 aromatic carbocycles. The molecule has 0 aliphatic carbocycles. The molecule has 2 rings (SSSR count). The Labute approximate surface area is 106 Å². The molecule has 4 N–H and O–H groups in total. The van der Waals surface area contributed by atoms with E-state index in [1.165, 1.54) is 4.88 Å². The second-order valence-electron chi connectivity index (χ2n) is 4.06. The molecular weight excluding hydrogens is 230 g/mol. The lowest BCUT2D eigenvalue weighted by atomic mass is 10.2. The highest BCUT2D eigenvalue weighted by molar-refractivity contribution is 7.09. The first-order chi connectivity index (χ1) is 8.16. The molecule has 17 heavy (non-hydrogen) atoms. The van der Waals surface area contributed by atoms with Crippen LogP contribution in [-0.4, -0.2) is 13.6 Å². The van der Waals surface area contributed by atoms with Crippen LogP contribution in [0.25, 0.3) is 0 Å². The van der Waals surface area contributed by atoms with Crippen LogP contribution in [0.3, 0.4) is 0 Å². The molecule has 0 aliphatic rings. The third-order valence-electron chi connectivity index (χ3n) is 2.78. The number of nitrogen functional groups attached to an aromatic ring is 2. The molecule has 4 heteroatoms. The zero-order chi connectivity index (χ0) is 12.3. The number of nitrogens with zero attached hydrogens (tertiary/aromatic N) is 1. The van der Waals surface area contributed by atoms with Gasteiger partial charge in [0, 0.05) is 24.2 Å². The minimum absolute atomic E-state index is 0.639. The maximum atomic E-state index is 5.80. The Bertz CT molecular complexity index is 479. The van der Waals surface area contributed by atoms with Crippen LogP contribution in [0.15, 0.2) is 35.7 Å². The lowest BCUT2D eigenvalue weighted by Crippen LogP contribution is -2.20. The normalized spacial score (nSPS) is 10.4. The molecule has 0 unspecified atom stereocenters. The molecule has 0 fully saturated rings. The highest BCUT2D eigenvalue weighted by atomic mass is 32.1. The minimum Gasteiger partial charge on any atom is -0.397 e. The summed E-state index contributed by atoms with van der Waals surface area (Å²) in [5.41, 5.74) is 13.9. The number of anilines is 3. The summed E-state index contributed by atoms with van der Waals surface area (Å²) in [5.74, 6) is 0. The zero-order valence-corrected chi connectivity index (χ0v) is 10.7. The molecule has 0 amide bonds. The SMILES string of the molecule is CN(CCc1cccs1)c1ccc(N)c(N)c1. The summed E-state index contributed by atoms with van der Waals surface area (Å²) in [6, 6.07) is 10.0. The first kappa shape index (κ1) is 11.8. The summed E-state index contributed by atoms with van der Waals surface area (Å²) in [5, 5.41) is 2.11. The Balaban J connectivity index is 1.99. The number of benzene rings is 1. The largest absolute Gasteiger partial charge is 0.397 e. The Morgan fingerprint density at radius 1 is 1.18 bits per heavy atom. The standard InChI is InChI=1S/C13H17N3S/c1-16(7-6-11-3-2-8-17-11)10-4-5-12(14)13(15)9-10/h2-5,8-9H,6-7,14-15H2,1H3. The summed E-state index contributed by atoms with van der Waals surface area (Å²) in [4.78, 5) is 3.59. The van der Waals surface area contributed by atoms with Crippen LogP contribution in [0.5, 0.6) is 0 Å². The predicted octanol–water partition coefficient (Wildman–Crippen LogP) is 2.59. The van der Waals surface area contributed by atoms with Gasteiger partial charge in [-0.25, -0.2) is 0 Å². The molecule has 0 atom stereocenters. The summed E-state index contributed by atoms with van der Waals surface area (Å²) >= 11 is 1.79. The van der Waals surface area contributed by atoms with E-state index in [9.17, 15) is 0 Å². The maximum absolute atomic E-state index is 5.80. The fourth-order valence-electron chi connectivity index (χ4n) is 1.66. The van der Waals surface area contributed by atoms with Gasteiger partial charge in [-0.1, -0.05) is 6.07 Å². The van der Waals surface area contributed by atoms with Crippen LogP contribution in [0.4, 0.5) is 17.1 Å². The van der Waals surface area contributed by atoms with E-state index in [0.717, 1.165) is 18.7 Å². The fourth-order valence-corrected chi connectivity index (χ4v) is 2.36. The number of hydrogen-bond acceptors (Lipinski definition) is 4. The second kappa shape index (κ2) is 5.10. The van der Waals surface area contributed by atoms with Crippen molar-refractivity contribution in [3.63, 3.8) is 0 Å². The van der Waals surface area contributed by atoms with Crippen molar-refractivity contribution in [1.82, 2.24) is 0 Å². The Kier molecular flexibility index (Phi) is 3.54. The lowest BCUT2D eigenvalue weighted by Gasteiger charge is -2.19. The third-order valence-corrected chi connectivity index (χ3v) is 3.72. The van der Waals surface area contributed by atoms with E-state index in [-0.39, 0.29) is 0 Å². The first-order valence-corrected chi connectivity index (χ1v) is 6.43. The van der Waals surface area contributed by atoms with Crippen molar-refractivity contribution in [2.75, 3.05) is 30.0 Å². The van der Waals surface area contributed by atoms with E-state index >= 15 is 0 Å². The zero-order valence-electron chi connectivity index (χ0n) is 9.89. The summed E-state index contributed by atoms with van der Waals surface area (Å²) < 4.78 is 0. The van der Waals surface area contributed by atoms with Gasteiger partial charge in [0.25, 0.3) is 0 Å². The molecular formula is C13H17N3S. The van der Waals surface area contributed by atoms with Gasteiger partial charge in [-0.2, -0.15) is 0 Å². The van der Waals surface area contributed by atoms with Crippen LogP contribution >= 0.6 is 11.3 Å². The van der Waals surface area contributed by atoms with Crippen molar-refractivity contribution < 1.29 is 0 Å². The number of rotatable bonds is 4. The topological polar surface area (TPSA) is 55.3 Å². The highest BCUT2D eigenvalue weighted by Crippen LogP contribution is 2.22. The van der Waals surface area contributed by atoms with Crippen molar-refractivity contribution in [2.24, 2.45) is 0 Å². The van der Waals surface area contributed by atoms with Crippen molar-refractivity contribution >= 4 is 28.4 Å². The molecule has 0 radical (unpaired) electrons. The fraction of sp³-hybridized carbons (Fsp3) is 0.231. The number of likely N-dealkylation sites (N-methyl/N-ethyl adjacent to an activating group) is 1. The van der Waals surface area contributed by atoms with Gasteiger partial charge in [0.05, 0.1) is 11.4 Å². The van der Waals surface area contributed by atoms with Gasteiger partial charge in [0.2, 0.25) is 0 Å². The summed E-state index contributed by atoms with van der Waals surface area (Å²) in [6.45, 7) is 0.976. The minimum atomic E-state index is 0.639. The lowest BCUT2D eigenvalue weighted by molar-refractivity contribution is 0.888.